The van der Waals surface area contributed by atoms with E-state index in [1.165, 1.54) is 25.7 Å². The molecule has 8 heteroatoms. The maximum absolute atomic E-state index is 12.3. The number of hydrogen-bond donors (Lipinski definition) is 1. The van der Waals surface area contributed by atoms with Crippen LogP contribution in [0, 0.1) is 5.92 Å². The van der Waals surface area contributed by atoms with E-state index in [-0.39, 0.29) is 0 Å². The molecule has 1 amide bonds. The van der Waals surface area contributed by atoms with Crippen LogP contribution in [-0.4, -0.2) is 32.4 Å². The van der Waals surface area contributed by atoms with Gasteiger partial charge in [0.05, 0.1) is 10.7 Å². The Hall–Kier alpha value is -2.15. The number of halogens is 1. The molecule has 7 nitrogen and oxygen atoms in total. The molecular weight excluding hydrogens is 330 g/mol. The topological polar surface area (TPSA) is 81.8 Å². The minimum Gasteiger partial charge on any atom is -0.336 e. The zero-order valence-corrected chi connectivity index (χ0v) is 14.1. The molecule has 1 N–H and O–H groups in total. The Morgan fingerprint density at radius 1 is 1.25 bits per heavy atom. The van der Waals surface area contributed by atoms with Gasteiger partial charge in [-0.1, -0.05) is 49.4 Å². The molecule has 1 aromatic heterocycles. The fourth-order valence-electron chi connectivity index (χ4n) is 3.11. The minimum absolute atomic E-state index is 0.364. The van der Waals surface area contributed by atoms with Gasteiger partial charge < -0.3 is 5.32 Å². The molecule has 1 aliphatic rings. The van der Waals surface area contributed by atoms with Crippen LogP contribution in [0.3, 0.4) is 0 Å². The van der Waals surface area contributed by atoms with Gasteiger partial charge in [0.15, 0.2) is 0 Å². The van der Waals surface area contributed by atoms with Crippen molar-refractivity contribution in [1.82, 2.24) is 25.1 Å². The second-order valence-corrected chi connectivity index (χ2v) is 6.47. The Kier molecular flexibility index (Phi) is 5.30. The third kappa shape index (κ3) is 3.67. The van der Waals surface area contributed by atoms with Crippen LogP contribution < -0.4 is 11.0 Å². The highest BCUT2D eigenvalue weighted by molar-refractivity contribution is 6.32. The normalized spacial score (nSPS) is 14.9. The Morgan fingerprint density at radius 2 is 2.00 bits per heavy atom. The fraction of sp³-hybridized carbons (Fsp3) is 0.500. The molecule has 0 unspecified atom stereocenters. The first-order chi connectivity index (χ1) is 11.7. The van der Waals surface area contributed by atoms with Crippen LogP contribution in [0.2, 0.25) is 5.02 Å². The molecule has 1 heterocycles. The second kappa shape index (κ2) is 7.61. The number of benzene rings is 1. The van der Waals surface area contributed by atoms with Gasteiger partial charge in [-0.3, -0.25) is 0 Å². The molecule has 0 bridgehead atoms. The molecule has 0 atom stereocenters. The monoisotopic (exact) mass is 349 g/mol. The van der Waals surface area contributed by atoms with Crippen LogP contribution >= 0.6 is 11.6 Å². The van der Waals surface area contributed by atoms with E-state index in [4.69, 9.17) is 11.6 Å². The van der Waals surface area contributed by atoms with Crippen molar-refractivity contribution in [1.29, 1.82) is 0 Å². The van der Waals surface area contributed by atoms with Crippen molar-refractivity contribution in [2.24, 2.45) is 5.92 Å². The summed E-state index contributed by atoms with van der Waals surface area (Å²) in [4.78, 5) is 24.4. The molecule has 1 aliphatic carbocycles. The van der Waals surface area contributed by atoms with Gasteiger partial charge in [-0.2, -0.15) is 4.68 Å². The summed E-state index contributed by atoms with van der Waals surface area (Å²) in [6, 6.07) is 6.20. The van der Waals surface area contributed by atoms with E-state index in [2.05, 4.69) is 15.7 Å². The largest absolute Gasteiger partial charge is 0.377 e. The maximum Gasteiger partial charge on any atom is 0.377 e. The fourth-order valence-corrected chi connectivity index (χ4v) is 3.32. The number of rotatable bonds is 5. The molecule has 0 aliphatic heterocycles. The molecule has 128 valence electrons. The van der Waals surface area contributed by atoms with Crippen molar-refractivity contribution in [3.05, 3.63) is 39.8 Å². The van der Waals surface area contributed by atoms with Crippen LogP contribution in [0.4, 0.5) is 4.79 Å². The SMILES string of the molecule is O=C(NCCCC1CCCC1)n1nnn(-c2ccccc2Cl)c1=O. The average Bonchev–Trinajstić information content (AvgIpc) is 3.22. The van der Waals surface area contributed by atoms with Crippen molar-refractivity contribution in [2.75, 3.05) is 6.54 Å². The third-order valence-electron chi connectivity index (χ3n) is 4.39. The Bertz CT molecular complexity index is 764. The van der Waals surface area contributed by atoms with Gasteiger partial charge in [0.25, 0.3) is 0 Å². The molecule has 2 aromatic rings. The number of nitrogens with one attached hydrogen (secondary N) is 1. The summed E-state index contributed by atoms with van der Waals surface area (Å²) >= 11 is 6.05. The predicted octanol–water partition coefficient (Wildman–Crippen LogP) is 2.61. The highest BCUT2D eigenvalue weighted by Crippen LogP contribution is 2.28. The average molecular weight is 350 g/mol. The van der Waals surface area contributed by atoms with Crippen molar-refractivity contribution in [2.45, 2.75) is 38.5 Å². The lowest BCUT2D eigenvalue weighted by atomic mass is 10.0. The van der Waals surface area contributed by atoms with Gasteiger partial charge in [-0.15, -0.1) is 4.68 Å². The van der Waals surface area contributed by atoms with Crippen molar-refractivity contribution in [3.8, 4) is 5.69 Å². The Morgan fingerprint density at radius 3 is 2.75 bits per heavy atom. The van der Waals surface area contributed by atoms with E-state index in [9.17, 15) is 9.59 Å². The Labute approximate surface area is 144 Å². The van der Waals surface area contributed by atoms with Crippen LogP contribution in [0.1, 0.15) is 38.5 Å². The summed E-state index contributed by atoms with van der Waals surface area (Å²) < 4.78 is 1.74. The van der Waals surface area contributed by atoms with E-state index < -0.39 is 11.7 Å². The van der Waals surface area contributed by atoms with Gasteiger partial charge in [-0.25, -0.2) is 9.59 Å². The number of nitrogens with zero attached hydrogens (tertiary/aromatic N) is 4. The molecule has 0 spiro atoms. The van der Waals surface area contributed by atoms with E-state index in [0.717, 1.165) is 28.1 Å². The second-order valence-electron chi connectivity index (χ2n) is 6.06. The van der Waals surface area contributed by atoms with E-state index in [1.54, 1.807) is 24.3 Å². The maximum atomic E-state index is 12.3. The third-order valence-corrected chi connectivity index (χ3v) is 4.71. The number of hydrogen-bond acceptors (Lipinski definition) is 4. The van der Waals surface area contributed by atoms with Gasteiger partial charge in [0, 0.05) is 6.54 Å². The first-order valence-corrected chi connectivity index (χ1v) is 8.63. The lowest BCUT2D eigenvalue weighted by Crippen LogP contribution is -2.38. The summed E-state index contributed by atoms with van der Waals surface area (Å²) in [5.74, 6) is 0.783. The van der Waals surface area contributed by atoms with Gasteiger partial charge in [0.1, 0.15) is 0 Å². The molecular formula is C16H20ClN5O2. The lowest BCUT2D eigenvalue weighted by Gasteiger charge is -2.08. The van der Waals surface area contributed by atoms with Crippen molar-refractivity contribution in [3.63, 3.8) is 0 Å². The summed E-state index contributed by atoms with van der Waals surface area (Å²) in [6.07, 6.45) is 7.24. The molecule has 1 saturated carbocycles. The van der Waals surface area contributed by atoms with E-state index >= 15 is 0 Å². The molecule has 1 aromatic carbocycles. The highest BCUT2D eigenvalue weighted by atomic mass is 35.5. The first-order valence-electron chi connectivity index (χ1n) is 8.25. The Balaban J connectivity index is 1.59. The molecule has 24 heavy (non-hydrogen) atoms. The number of aromatic nitrogens is 4. The minimum atomic E-state index is -0.642. The van der Waals surface area contributed by atoms with Crippen molar-refractivity contribution >= 4 is 17.6 Å². The highest BCUT2D eigenvalue weighted by Gasteiger charge is 2.17. The predicted molar refractivity (Wildman–Crippen MR) is 90.6 cm³/mol. The van der Waals surface area contributed by atoms with E-state index in [1.807, 2.05) is 0 Å². The zero-order chi connectivity index (χ0) is 16.9. The first kappa shape index (κ1) is 16.7. The van der Waals surface area contributed by atoms with Crippen LogP contribution in [0.15, 0.2) is 29.1 Å². The van der Waals surface area contributed by atoms with E-state index in [0.29, 0.717) is 17.3 Å². The quantitative estimate of drug-likeness (QED) is 0.664. The summed E-state index contributed by atoms with van der Waals surface area (Å²) in [5, 5.41) is 10.4. The molecule has 3 rings (SSSR count). The summed E-state index contributed by atoms with van der Waals surface area (Å²) in [6.45, 7) is 0.528. The number of para-hydroxylation sites is 1. The number of carbonyl (C=O) groups is 1. The van der Waals surface area contributed by atoms with Crippen LogP contribution in [0.5, 0.6) is 0 Å². The van der Waals surface area contributed by atoms with Gasteiger partial charge >= 0.3 is 11.7 Å². The number of tetrazole rings is 1. The zero-order valence-electron chi connectivity index (χ0n) is 13.3. The van der Waals surface area contributed by atoms with Crippen molar-refractivity contribution < 1.29 is 4.79 Å². The summed E-state index contributed by atoms with van der Waals surface area (Å²) in [5.41, 5.74) is -0.249. The smallest absolute Gasteiger partial charge is 0.336 e. The molecule has 1 fully saturated rings. The standard InChI is InChI=1S/C16H20ClN5O2/c17-13-9-3-4-10-14(13)21-16(24)22(20-19-21)15(23)18-11-5-8-12-6-1-2-7-12/h3-4,9-10,12H,1-2,5-8,11H2,(H,18,23). The molecule has 0 saturated heterocycles. The van der Waals surface area contributed by atoms with Crippen LogP contribution in [-0.2, 0) is 0 Å². The molecule has 0 radical (unpaired) electrons. The number of carbonyl (C=O) groups excluding carboxylic acids is 1. The summed E-state index contributed by atoms with van der Waals surface area (Å²) in [7, 11) is 0. The van der Waals surface area contributed by atoms with Crippen LogP contribution in [0.25, 0.3) is 5.69 Å². The number of amides is 1. The lowest BCUT2D eigenvalue weighted by molar-refractivity contribution is 0.237. The van der Waals surface area contributed by atoms with Gasteiger partial charge in [0.2, 0.25) is 0 Å². The van der Waals surface area contributed by atoms with Gasteiger partial charge in [-0.05, 0) is 41.3 Å².